The summed E-state index contributed by atoms with van der Waals surface area (Å²) in [6.45, 7) is 0. The van der Waals surface area contributed by atoms with Gasteiger partial charge in [0.15, 0.2) is 5.88 Å². The maximum absolute atomic E-state index is 11.8. The van der Waals surface area contributed by atoms with Crippen molar-refractivity contribution in [2.45, 2.75) is 0 Å². The van der Waals surface area contributed by atoms with Crippen LogP contribution in [0.4, 0.5) is 5.82 Å². The number of carbonyl (C=O) groups is 1. The molecule has 0 spiro atoms. The number of rotatable bonds is 2. The van der Waals surface area contributed by atoms with Crippen LogP contribution in [-0.2, 0) is 0 Å². The van der Waals surface area contributed by atoms with Crippen molar-refractivity contribution in [2.24, 2.45) is 0 Å². The molecule has 92 valence electrons. The van der Waals surface area contributed by atoms with Gasteiger partial charge in [-0.3, -0.25) is 14.6 Å². The topological polar surface area (TPSA) is 95.1 Å². The maximum Gasteiger partial charge on any atom is 0.257 e. The van der Waals surface area contributed by atoms with Crippen molar-refractivity contribution in [1.82, 2.24) is 9.97 Å². The number of H-pyrrole nitrogens is 1. The zero-order chi connectivity index (χ0) is 13.1. The lowest BCUT2D eigenvalue weighted by molar-refractivity contribution is 0.102. The van der Waals surface area contributed by atoms with E-state index in [1.54, 1.807) is 18.2 Å². The molecule has 0 aliphatic carbocycles. The molecule has 2 aromatic heterocycles. The van der Waals surface area contributed by atoms with Gasteiger partial charge in [0.2, 0.25) is 0 Å². The number of halogens is 1. The minimum absolute atomic E-state index is 0.0259. The fraction of sp³-hybridized carbons (Fsp3) is 0. The summed E-state index contributed by atoms with van der Waals surface area (Å²) < 4.78 is 0. The second kappa shape index (κ2) is 4.89. The minimum atomic E-state index is -0.570. The van der Waals surface area contributed by atoms with Gasteiger partial charge in [0.1, 0.15) is 11.0 Å². The number of carbonyl (C=O) groups excluding carboxylic acids is 1. The standard InChI is InChI=1S/C11H8ClN3O3/c12-7-2-1-3-8(13-7)14-11(18)6-4-9(16)15-10(17)5-6/h1-5H,(H,13,14,18)(H2,15,16,17). The number of hydrogen-bond donors (Lipinski definition) is 3. The molecule has 0 aromatic carbocycles. The van der Waals surface area contributed by atoms with E-state index in [1.165, 1.54) is 0 Å². The highest BCUT2D eigenvalue weighted by Crippen LogP contribution is 2.11. The van der Waals surface area contributed by atoms with Crippen LogP contribution in [-0.4, -0.2) is 21.0 Å². The van der Waals surface area contributed by atoms with Gasteiger partial charge in [-0.15, -0.1) is 0 Å². The summed E-state index contributed by atoms with van der Waals surface area (Å²) in [5.41, 5.74) is -0.544. The van der Waals surface area contributed by atoms with E-state index in [0.717, 1.165) is 12.1 Å². The third kappa shape index (κ3) is 2.86. The molecular weight excluding hydrogens is 258 g/mol. The Morgan fingerprint density at radius 1 is 1.39 bits per heavy atom. The smallest absolute Gasteiger partial charge is 0.257 e. The molecule has 2 rings (SSSR count). The number of pyridine rings is 2. The predicted octanol–water partition coefficient (Wildman–Crippen LogP) is 1.38. The summed E-state index contributed by atoms with van der Waals surface area (Å²) in [7, 11) is 0. The normalized spacial score (nSPS) is 10.1. The average molecular weight is 266 g/mol. The first-order valence-corrected chi connectivity index (χ1v) is 5.29. The Balaban J connectivity index is 2.24. The second-order valence-corrected chi connectivity index (χ2v) is 3.81. The van der Waals surface area contributed by atoms with E-state index >= 15 is 0 Å². The molecule has 0 atom stereocenters. The van der Waals surface area contributed by atoms with E-state index in [4.69, 9.17) is 11.6 Å². The van der Waals surface area contributed by atoms with Gasteiger partial charge in [0.25, 0.3) is 11.5 Å². The Hall–Kier alpha value is -2.34. The number of aromatic hydroxyl groups is 1. The summed E-state index contributed by atoms with van der Waals surface area (Å²) in [4.78, 5) is 28.9. The molecule has 0 radical (unpaired) electrons. The Morgan fingerprint density at radius 2 is 2.17 bits per heavy atom. The van der Waals surface area contributed by atoms with Crippen molar-refractivity contribution in [3.63, 3.8) is 0 Å². The largest absolute Gasteiger partial charge is 0.494 e. The SMILES string of the molecule is O=C(Nc1cccc(Cl)n1)c1cc(O)[nH]c(=O)c1. The van der Waals surface area contributed by atoms with Crippen molar-refractivity contribution >= 4 is 23.3 Å². The third-order valence-electron chi connectivity index (χ3n) is 2.05. The zero-order valence-electron chi connectivity index (χ0n) is 8.98. The monoisotopic (exact) mass is 265 g/mol. The lowest BCUT2D eigenvalue weighted by Gasteiger charge is -2.04. The number of anilines is 1. The lowest BCUT2D eigenvalue weighted by atomic mass is 10.2. The first kappa shape index (κ1) is 12.1. The van der Waals surface area contributed by atoms with Gasteiger partial charge in [0.05, 0.1) is 5.56 Å². The van der Waals surface area contributed by atoms with Gasteiger partial charge in [-0.1, -0.05) is 17.7 Å². The van der Waals surface area contributed by atoms with Gasteiger partial charge in [-0.25, -0.2) is 4.98 Å². The highest BCUT2D eigenvalue weighted by molar-refractivity contribution is 6.29. The van der Waals surface area contributed by atoms with E-state index < -0.39 is 11.5 Å². The molecule has 0 bridgehead atoms. The summed E-state index contributed by atoms with van der Waals surface area (Å²) in [6.07, 6.45) is 0. The molecule has 2 heterocycles. The van der Waals surface area contributed by atoms with Crippen LogP contribution < -0.4 is 10.9 Å². The van der Waals surface area contributed by atoms with E-state index in [9.17, 15) is 14.7 Å². The average Bonchev–Trinajstić information content (AvgIpc) is 2.27. The van der Waals surface area contributed by atoms with Crippen LogP contribution in [0.5, 0.6) is 5.88 Å². The van der Waals surface area contributed by atoms with E-state index in [1.807, 2.05) is 0 Å². The van der Waals surface area contributed by atoms with Crippen molar-refractivity contribution in [1.29, 1.82) is 0 Å². The highest BCUT2D eigenvalue weighted by Gasteiger charge is 2.09. The summed E-state index contributed by atoms with van der Waals surface area (Å²) in [6, 6.07) is 6.95. The lowest BCUT2D eigenvalue weighted by Crippen LogP contribution is -2.16. The molecule has 0 aliphatic rings. The van der Waals surface area contributed by atoms with Crippen molar-refractivity contribution < 1.29 is 9.90 Å². The van der Waals surface area contributed by atoms with E-state index in [0.29, 0.717) is 0 Å². The van der Waals surface area contributed by atoms with Gasteiger partial charge in [-0.05, 0) is 12.1 Å². The molecular formula is C11H8ClN3O3. The molecule has 6 nitrogen and oxygen atoms in total. The van der Waals surface area contributed by atoms with Crippen LogP contribution in [0.1, 0.15) is 10.4 Å². The van der Waals surface area contributed by atoms with Crippen molar-refractivity contribution in [3.05, 3.63) is 51.4 Å². The Morgan fingerprint density at radius 3 is 2.83 bits per heavy atom. The minimum Gasteiger partial charge on any atom is -0.494 e. The van der Waals surface area contributed by atoms with Crippen LogP contribution in [0.15, 0.2) is 35.1 Å². The first-order chi connectivity index (χ1) is 8.54. The van der Waals surface area contributed by atoms with Crippen LogP contribution in [0, 0.1) is 0 Å². The number of nitrogens with one attached hydrogen (secondary N) is 2. The highest BCUT2D eigenvalue weighted by atomic mass is 35.5. The van der Waals surface area contributed by atoms with E-state index in [2.05, 4.69) is 15.3 Å². The second-order valence-electron chi connectivity index (χ2n) is 3.42. The van der Waals surface area contributed by atoms with Crippen LogP contribution in [0.3, 0.4) is 0 Å². The summed E-state index contributed by atoms with van der Waals surface area (Å²) >= 11 is 5.67. The first-order valence-electron chi connectivity index (χ1n) is 4.92. The molecule has 7 heteroatoms. The van der Waals surface area contributed by atoms with Gasteiger partial charge in [-0.2, -0.15) is 0 Å². The number of amides is 1. The summed E-state index contributed by atoms with van der Waals surface area (Å²) in [5, 5.41) is 11.9. The Bertz CT molecular complexity index is 654. The molecule has 18 heavy (non-hydrogen) atoms. The Kier molecular flexibility index (Phi) is 3.29. The zero-order valence-corrected chi connectivity index (χ0v) is 9.73. The van der Waals surface area contributed by atoms with Gasteiger partial charge < -0.3 is 10.4 Å². The van der Waals surface area contributed by atoms with Gasteiger partial charge in [0, 0.05) is 12.1 Å². The van der Waals surface area contributed by atoms with Crippen LogP contribution in [0.2, 0.25) is 5.15 Å². The molecule has 1 amide bonds. The van der Waals surface area contributed by atoms with Crippen LogP contribution >= 0.6 is 11.6 Å². The van der Waals surface area contributed by atoms with Crippen LogP contribution in [0.25, 0.3) is 0 Å². The molecule has 0 fully saturated rings. The van der Waals surface area contributed by atoms with E-state index in [-0.39, 0.29) is 22.4 Å². The number of aromatic amines is 1. The molecule has 0 saturated heterocycles. The number of hydrogen-bond acceptors (Lipinski definition) is 4. The molecule has 3 N–H and O–H groups in total. The predicted molar refractivity (Wildman–Crippen MR) is 65.9 cm³/mol. The summed E-state index contributed by atoms with van der Waals surface area (Å²) in [5.74, 6) is -0.690. The quantitative estimate of drug-likeness (QED) is 0.715. The Labute approximate surface area is 106 Å². The number of aromatic nitrogens is 2. The molecule has 2 aromatic rings. The fourth-order valence-corrected chi connectivity index (χ4v) is 1.49. The van der Waals surface area contributed by atoms with Crippen molar-refractivity contribution in [2.75, 3.05) is 5.32 Å². The molecule has 0 aliphatic heterocycles. The maximum atomic E-state index is 11.8. The fourth-order valence-electron chi connectivity index (χ4n) is 1.33. The molecule has 0 unspecified atom stereocenters. The van der Waals surface area contributed by atoms with Crippen molar-refractivity contribution in [3.8, 4) is 5.88 Å². The third-order valence-corrected chi connectivity index (χ3v) is 2.26. The van der Waals surface area contributed by atoms with Gasteiger partial charge >= 0.3 is 0 Å². The number of nitrogens with zero attached hydrogens (tertiary/aromatic N) is 1. The molecule has 0 saturated carbocycles.